The lowest BCUT2D eigenvalue weighted by Crippen LogP contribution is -2.56. The lowest BCUT2D eigenvalue weighted by molar-refractivity contribution is 0.0418. The van der Waals surface area contributed by atoms with Gasteiger partial charge in [0, 0.05) is 25.2 Å². The molecule has 0 saturated carbocycles. The molecule has 2 heterocycles. The number of carbonyl (C=O) groups excluding carboxylic acids is 1. The Morgan fingerprint density at radius 3 is 2.41 bits per heavy atom. The van der Waals surface area contributed by atoms with Gasteiger partial charge in [-0.2, -0.15) is 0 Å². The van der Waals surface area contributed by atoms with Crippen LogP contribution >= 0.6 is 27.3 Å². The molecule has 2 unspecified atom stereocenters. The number of rotatable bonds is 1. The maximum atomic E-state index is 12.3. The van der Waals surface area contributed by atoms with Crippen molar-refractivity contribution in [3.63, 3.8) is 0 Å². The summed E-state index contributed by atoms with van der Waals surface area (Å²) in [6.07, 6.45) is 0. The zero-order valence-electron chi connectivity index (χ0n) is 10.3. The Morgan fingerprint density at radius 2 is 1.94 bits per heavy atom. The molecule has 0 spiro atoms. The van der Waals surface area contributed by atoms with Gasteiger partial charge in [0.05, 0.1) is 8.66 Å². The molecule has 1 aromatic rings. The average Bonchev–Trinajstić information content (AvgIpc) is 2.71. The molecule has 0 aromatic carbocycles. The number of halogens is 1. The number of piperazine rings is 1. The zero-order valence-corrected chi connectivity index (χ0v) is 12.7. The maximum Gasteiger partial charge on any atom is 0.264 e. The second kappa shape index (κ2) is 5.08. The monoisotopic (exact) mass is 316 g/mol. The van der Waals surface area contributed by atoms with E-state index in [0.717, 1.165) is 21.8 Å². The third-order valence-electron chi connectivity index (χ3n) is 3.43. The smallest absolute Gasteiger partial charge is 0.264 e. The molecule has 1 amide bonds. The fraction of sp³-hybridized carbons (Fsp3) is 0.583. The molecule has 1 aliphatic rings. The molecular formula is C12H17BrN2OS. The first-order valence-electron chi connectivity index (χ1n) is 5.75. The van der Waals surface area contributed by atoms with Crippen molar-refractivity contribution in [1.82, 2.24) is 9.80 Å². The Hall–Kier alpha value is -0.390. The Labute approximate surface area is 115 Å². The Morgan fingerprint density at radius 1 is 1.35 bits per heavy atom. The normalized spacial score (nSPS) is 26.2. The van der Waals surface area contributed by atoms with Crippen molar-refractivity contribution in [3.05, 3.63) is 20.8 Å². The first-order chi connectivity index (χ1) is 7.99. The summed E-state index contributed by atoms with van der Waals surface area (Å²) in [5.74, 6) is 0.160. The Kier molecular flexibility index (Phi) is 3.90. The highest BCUT2D eigenvalue weighted by molar-refractivity contribution is 9.11. The van der Waals surface area contributed by atoms with E-state index in [1.165, 1.54) is 11.3 Å². The minimum atomic E-state index is 0.160. The van der Waals surface area contributed by atoms with Gasteiger partial charge in [0.1, 0.15) is 0 Å². The van der Waals surface area contributed by atoms with E-state index in [1.54, 1.807) is 0 Å². The van der Waals surface area contributed by atoms with Gasteiger partial charge in [-0.1, -0.05) is 0 Å². The second-order valence-electron chi connectivity index (χ2n) is 4.68. The van der Waals surface area contributed by atoms with Gasteiger partial charge < -0.3 is 4.90 Å². The van der Waals surface area contributed by atoms with Crippen LogP contribution in [0.1, 0.15) is 23.5 Å². The second-order valence-corrected chi connectivity index (χ2v) is 7.14. The minimum absolute atomic E-state index is 0.160. The van der Waals surface area contributed by atoms with Crippen molar-refractivity contribution in [1.29, 1.82) is 0 Å². The summed E-state index contributed by atoms with van der Waals surface area (Å²) in [5, 5.41) is 0. The zero-order chi connectivity index (χ0) is 12.6. The third kappa shape index (κ3) is 2.72. The molecule has 3 nitrogen and oxygen atoms in total. The third-order valence-corrected chi connectivity index (χ3v) is 5.04. The van der Waals surface area contributed by atoms with Crippen molar-refractivity contribution >= 4 is 33.2 Å². The highest BCUT2D eigenvalue weighted by Crippen LogP contribution is 2.24. The van der Waals surface area contributed by atoms with Crippen molar-refractivity contribution in [3.8, 4) is 0 Å². The number of carbonyl (C=O) groups is 1. The molecule has 1 fully saturated rings. The van der Waals surface area contributed by atoms with Crippen LogP contribution in [-0.2, 0) is 0 Å². The van der Waals surface area contributed by atoms with Gasteiger partial charge in [0.2, 0.25) is 0 Å². The molecule has 0 bridgehead atoms. The number of thiophene rings is 1. The van der Waals surface area contributed by atoms with E-state index >= 15 is 0 Å². The molecule has 1 aliphatic heterocycles. The molecule has 17 heavy (non-hydrogen) atoms. The fourth-order valence-corrected chi connectivity index (χ4v) is 3.51. The summed E-state index contributed by atoms with van der Waals surface area (Å²) in [6, 6.07) is 4.67. The Balaban J connectivity index is 2.11. The number of amides is 1. The summed E-state index contributed by atoms with van der Waals surface area (Å²) in [4.78, 5) is 17.4. The van der Waals surface area contributed by atoms with E-state index in [0.29, 0.717) is 12.1 Å². The minimum Gasteiger partial charge on any atom is -0.335 e. The average molecular weight is 317 g/mol. The molecule has 1 saturated heterocycles. The maximum absolute atomic E-state index is 12.3. The molecule has 2 atom stereocenters. The van der Waals surface area contributed by atoms with Crippen molar-refractivity contribution in [2.24, 2.45) is 0 Å². The lowest BCUT2D eigenvalue weighted by Gasteiger charge is -2.42. The van der Waals surface area contributed by atoms with Crippen LogP contribution in [0.4, 0.5) is 0 Å². The summed E-state index contributed by atoms with van der Waals surface area (Å²) in [6.45, 7) is 5.96. The van der Waals surface area contributed by atoms with Crippen molar-refractivity contribution in [2.75, 3.05) is 20.1 Å². The summed E-state index contributed by atoms with van der Waals surface area (Å²) >= 11 is 4.90. The van der Waals surface area contributed by atoms with Gasteiger partial charge in [-0.25, -0.2) is 0 Å². The van der Waals surface area contributed by atoms with Crippen molar-refractivity contribution < 1.29 is 4.79 Å². The topological polar surface area (TPSA) is 23.6 Å². The van der Waals surface area contributed by atoms with Gasteiger partial charge in [-0.05, 0) is 49.0 Å². The molecule has 0 aliphatic carbocycles. The largest absolute Gasteiger partial charge is 0.335 e. The molecule has 0 N–H and O–H groups in total. The predicted octanol–water partition coefficient (Wildman–Crippen LogP) is 2.68. The number of likely N-dealkylation sites (N-methyl/N-ethyl adjacent to an activating group) is 1. The molecule has 5 heteroatoms. The quantitative estimate of drug-likeness (QED) is 0.795. The first-order valence-corrected chi connectivity index (χ1v) is 7.36. The number of hydrogen-bond donors (Lipinski definition) is 0. The van der Waals surface area contributed by atoms with Crippen LogP contribution in [0.5, 0.6) is 0 Å². The van der Waals surface area contributed by atoms with Gasteiger partial charge in [0.25, 0.3) is 5.91 Å². The van der Waals surface area contributed by atoms with Crippen LogP contribution in [0.3, 0.4) is 0 Å². The van der Waals surface area contributed by atoms with Gasteiger partial charge in [-0.15, -0.1) is 11.3 Å². The van der Waals surface area contributed by atoms with E-state index < -0.39 is 0 Å². The highest BCUT2D eigenvalue weighted by Gasteiger charge is 2.30. The lowest BCUT2D eigenvalue weighted by atomic mass is 10.1. The number of nitrogens with zero attached hydrogens (tertiary/aromatic N) is 2. The molecule has 0 radical (unpaired) electrons. The first kappa shape index (κ1) is 13.1. The van der Waals surface area contributed by atoms with E-state index in [-0.39, 0.29) is 5.91 Å². The van der Waals surface area contributed by atoms with Gasteiger partial charge in [-0.3, -0.25) is 9.69 Å². The van der Waals surface area contributed by atoms with Crippen LogP contribution in [0.15, 0.2) is 15.9 Å². The van der Waals surface area contributed by atoms with Crippen molar-refractivity contribution in [2.45, 2.75) is 25.9 Å². The summed E-state index contributed by atoms with van der Waals surface area (Å²) in [7, 11) is 2.12. The predicted molar refractivity (Wildman–Crippen MR) is 74.6 cm³/mol. The number of hydrogen-bond acceptors (Lipinski definition) is 3. The van der Waals surface area contributed by atoms with Gasteiger partial charge >= 0.3 is 0 Å². The molecule has 94 valence electrons. The van der Waals surface area contributed by atoms with Crippen LogP contribution in [0.2, 0.25) is 0 Å². The van der Waals surface area contributed by atoms with E-state index in [4.69, 9.17) is 0 Å². The van der Waals surface area contributed by atoms with E-state index in [1.807, 2.05) is 17.0 Å². The summed E-state index contributed by atoms with van der Waals surface area (Å²) in [5.41, 5.74) is 0. The Bertz CT molecular complexity index is 408. The molecular weight excluding hydrogens is 300 g/mol. The molecule has 2 rings (SSSR count). The molecule has 1 aromatic heterocycles. The van der Waals surface area contributed by atoms with Crippen LogP contribution in [-0.4, -0.2) is 47.9 Å². The van der Waals surface area contributed by atoms with Crippen LogP contribution in [0.25, 0.3) is 0 Å². The fourth-order valence-electron chi connectivity index (χ4n) is 2.16. The highest BCUT2D eigenvalue weighted by atomic mass is 79.9. The summed E-state index contributed by atoms with van der Waals surface area (Å²) < 4.78 is 1.01. The SMILES string of the molecule is CC1CN(C(=O)c2ccc(Br)s2)CC(C)N1C. The van der Waals surface area contributed by atoms with Crippen LogP contribution in [0, 0.1) is 0 Å². The van der Waals surface area contributed by atoms with Gasteiger partial charge in [0.15, 0.2) is 0 Å². The van der Waals surface area contributed by atoms with E-state index in [2.05, 4.69) is 41.7 Å². The standard InChI is InChI=1S/C12H17BrN2OS/c1-8-6-15(7-9(2)14(8)3)12(16)10-4-5-11(13)17-10/h4-5,8-9H,6-7H2,1-3H3. The van der Waals surface area contributed by atoms with Crippen LogP contribution < -0.4 is 0 Å². The van der Waals surface area contributed by atoms with E-state index in [9.17, 15) is 4.79 Å².